The average Bonchev–Trinajstić information content (AvgIpc) is 2.32. The summed E-state index contributed by atoms with van der Waals surface area (Å²) in [4.78, 5) is 0. The monoisotopic (exact) mass is 303 g/mol. The maximum absolute atomic E-state index is 12.9. The maximum Gasteiger partial charge on any atom is 0.434 e. The lowest BCUT2D eigenvalue weighted by atomic mass is 10.2. The highest BCUT2D eigenvalue weighted by Gasteiger charge is 2.35. The van der Waals surface area contributed by atoms with Crippen molar-refractivity contribution < 1.29 is 17.4 Å². The van der Waals surface area contributed by atoms with Crippen LogP contribution in [0.2, 0.25) is 0 Å². The first kappa shape index (κ1) is 16.6. The number of rotatable bonds is 3. The SMILES string of the molecule is CC(C)(C)[S@@](=O)/N=C(\C=C\c1ccccc1)C(F)(F)F. The van der Waals surface area contributed by atoms with Crippen LogP contribution in [0.1, 0.15) is 26.3 Å². The first-order chi connectivity index (χ1) is 9.10. The minimum absolute atomic E-state index is 0.617. The maximum atomic E-state index is 12.9. The van der Waals surface area contributed by atoms with Gasteiger partial charge in [-0.1, -0.05) is 36.4 Å². The Bertz CT molecular complexity index is 528. The summed E-state index contributed by atoms with van der Waals surface area (Å²) in [6.45, 7) is 4.71. The molecule has 1 atom stereocenters. The van der Waals surface area contributed by atoms with Gasteiger partial charge in [-0.2, -0.15) is 17.6 Å². The van der Waals surface area contributed by atoms with E-state index in [1.807, 2.05) is 0 Å². The van der Waals surface area contributed by atoms with Crippen LogP contribution in [-0.4, -0.2) is 20.8 Å². The largest absolute Gasteiger partial charge is 0.434 e. The standard InChI is InChI=1S/C14H16F3NOS/c1-13(2,3)20(19)18-12(14(15,16)17)10-9-11-7-5-4-6-8-11/h4-10H,1-3H3/b10-9+,18-12+/t20-/m1/s1. The normalized spacial score (nSPS) is 15.6. The van der Waals surface area contributed by atoms with E-state index in [4.69, 9.17) is 0 Å². The molecule has 1 aromatic rings. The molecule has 0 radical (unpaired) electrons. The Hall–Kier alpha value is -1.43. The molecule has 0 aliphatic carbocycles. The molecule has 0 fully saturated rings. The third kappa shape index (κ3) is 5.28. The number of allylic oxidation sites excluding steroid dienone is 1. The van der Waals surface area contributed by atoms with Crippen LogP contribution in [0.3, 0.4) is 0 Å². The van der Waals surface area contributed by atoms with Crippen molar-refractivity contribution >= 4 is 22.8 Å². The van der Waals surface area contributed by atoms with Crippen molar-refractivity contribution in [1.29, 1.82) is 0 Å². The number of alkyl halides is 3. The van der Waals surface area contributed by atoms with E-state index in [1.54, 1.807) is 51.1 Å². The molecular formula is C14H16F3NOS. The molecule has 0 N–H and O–H groups in total. The lowest BCUT2D eigenvalue weighted by Crippen LogP contribution is -2.26. The molecule has 0 bridgehead atoms. The number of hydrogen-bond acceptors (Lipinski definition) is 1. The van der Waals surface area contributed by atoms with Crippen molar-refractivity contribution in [2.75, 3.05) is 0 Å². The van der Waals surface area contributed by atoms with Crippen LogP contribution >= 0.6 is 0 Å². The van der Waals surface area contributed by atoms with Crippen LogP contribution in [0.5, 0.6) is 0 Å². The molecule has 0 spiro atoms. The van der Waals surface area contributed by atoms with Crippen LogP contribution in [-0.2, 0) is 11.0 Å². The van der Waals surface area contributed by atoms with E-state index in [2.05, 4.69) is 4.40 Å². The van der Waals surface area contributed by atoms with Gasteiger partial charge in [-0.25, -0.2) is 4.21 Å². The van der Waals surface area contributed by atoms with Crippen LogP contribution in [0.15, 0.2) is 40.8 Å². The fourth-order valence-corrected chi connectivity index (χ4v) is 1.76. The molecule has 0 saturated carbocycles. The fraction of sp³-hybridized carbons (Fsp3) is 0.357. The predicted octanol–water partition coefficient (Wildman–Crippen LogP) is 4.17. The molecule has 0 aliphatic heterocycles. The number of hydrogen-bond donors (Lipinski definition) is 0. The smallest absolute Gasteiger partial charge is 0.234 e. The molecule has 0 saturated heterocycles. The molecule has 20 heavy (non-hydrogen) atoms. The molecule has 6 heteroatoms. The molecule has 0 aliphatic rings. The quantitative estimate of drug-likeness (QED) is 0.771. The van der Waals surface area contributed by atoms with Gasteiger partial charge in [-0.05, 0) is 32.4 Å². The number of benzene rings is 1. The van der Waals surface area contributed by atoms with Gasteiger partial charge in [0.1, 0.15) is 11.0 Å². The van der Waals surface area contributed by atoms with Gasteiger partial charge in [0.25, 0.3) is 0 Å². The summed E-state index contributed by atoms with van der Waals surface area (Å²) in [7, 11) is -1.96. The lowest BCUT2D eigenvalue weighted by Gasteiger charge is -2.15. The summed E-state index contributed by atoms with van der Waals surface area (Å²) in [6, 6.07) is 8.55. The van der Waals surface area contributed by atoms with E-state index in [1.165, 1.54) is 6.08 Å². The molecule has 1 aromatic carbocycles. The van der Waals surface area contributed by atoms with Crippen molar-refractivity contribution in [2.24, 2.45) is 4.40 Å². The van der Waals surface area contributed by atoms with Gasteiger partial charge in [-0.15, -0.1) is 0 Å². The van der Waals surface area contributed by atoms with Gasteiger partial charge >= 0.3 is 6.18 Å². The zero-order valence-electron chi connectivity index (χ0n) is 11.4. The first-order valence-electron chi connectivity index (χ1n) is 5.92. The first-order valence-corrected chi connectivity index (χ1v) is 7.02. The van der Waals surface area contributed by atoms with E-state index >= 15 is 0 Å². The number of nitrogens with zero attached hydrogens (tertiary/aromatic N) is 1. The Labute approximate surface area is 119 Å². The van der Waals surface area contributed by atoms with Crippen molar-refractivity contribution in [1.82, 2.24) is 0 Å². The summed E-state index contributed by atoms with van der Waals surface area (Å²) in [5.74, 6) is 0. The van der Waals surface area contributed by atoms with E-state index in [0.717, 1.165) is 6.08 Å². The molecule has 2 nitrogen and oxygen atoms in total. The van der Waals surface area contributed by atoms with Crippen LogP contribution in [0, 0.1) is 0 Å². The summed E-state index contributed by atoms with van der Waals surface area (Å²) in [5.41, 5.74) is -0.527. The van der Waals surface area contributed by atoms with Crippen molar-refractivity contribution in [3.05, 3.63) is 42.0 Å². The summed E-state index contributed by atoms with van der Waals surface area (Å²) in [5, 5.41) is 0. The van der Waals surface area contributed by atoms with Gasteiger partial charge in [0.2, 0.25) is 0 Å². The number of halogens is 3. The average molecular weight is 303 g/mol. The molecule has 1 rings (SSSR count). The second-order valence-corrected chi connectivity index (χ2v) is 6.99. The third-order valence-electron chi connectivity index (χ3n) is 2.23. The third-order valence-corrected chi connectivity index (χ3v) is 3.64. The molecule has 0 aromatic heterocycles. The van der Waals surface area contributed by atoms with E-state index in [9.17, 15) is 17.4 Å². The minimum Gasteiger partial charge on any atom is -0.234 e. The lowest BCUT2D eigenvalue weighted by molar-refractivity contribution is -0.0574. The summed E-state index contributed by atoms with van der Waals surface area (Å²) < 4.78 is 52.8. The molecule has 0 amide bonds. The van der Waals surface area contributed by atoms with Gasteiger partial charge in [0.05, 0.1) is 4.75 Å². The van der Waals surface area contributed by atoms with E-state index in [0.29, 0.717) is 5.56 Å². The molecule has 0 unspecified atom stereocenters. The topological polar surface area (TPSA) is 29.4 Å². The Morgan fingerprint density at radius 3 is 2.15 bits per heavy atom. The molecular weight excluding hydrogens is 287 g/mol. The Kier molecular flexibility index (Phi) is 5.28. The van der Waals surface area contributed by atoms with Crippen LogP contribution in [0.25, 0.3) is 6.08 Å². The van der Waals surface area contributed by atoms with Gasteiger partial charge in [-0.3, -0.25) is 0 Å². The zero-order valence-corrected chi connectivity index (χ0v) is 12.3. The minimum atomic E-state index is -4.63. The van der Waals surface area contributed by atoms with Gasteiger partial charge in [0.15, 0.2) is 5.71 Å². The van der Waals surface area contributed by atoms with Crippen LogP contribution in [0.4, 0.5) is 13.2 Å². The Morgan fingerprint density at radius 2 is 1.70 bits per heavy atom. The van der Waals surface area contributed by atoms with Crippen molar-refractivity contribution in [3.63, 3.8) is 0 Å². The Balaban J connectivity index is 3.07. The second kappa shape index (κ2) is 6.35. The highest BCUT2D eigenvalue weighted by molar-refractivity contribution is 7.85. The summed E-state index contributed by atoms with van der Waals surface area (Å²) >= 11 is 0. The zero-order chi connectivity index (χ0) is 15.4. The second-order valence-electron chi connectivity index (χ2n) is 5.08. The molecule has 110 valence electrons. The fourth-order valence-electron chi connectivity index (χ4n) is 1.14. The Morgan fingerprint density at radius 1 is 1.15 bits per heavy atom. The summed E-state index contributed by atoms with van der Waals surface area (Å²) in [6.07, 6.45) is -2.49. The van der Waals surface area contributed by atoms with Crippen LogP contribution < -0.4 is 0 Å². The van der Waals surface area contributed by atoms with Gasteiger partial charge < -0.3 is 0 Å². The van der Waals surface area contributed by atoms with Crippen molar-refractivity contribution in [3.8, 4) is 0 Å². The van der Waals surface area contributed by atoms with Gasteiger partial charge in [0, 0.05) is 0 Å². The van der Waals surface area contributed by atoms with Crippen molar-refractivity contribution in [2.45, 2.75) is 31.7 Å². The highest BCUT2D eigenvalue weighted by atomic mass is 32.2. The predicted molar refractivity (Wildman–Crippen MR) is 76.9 cm³/mol. The highest BCUT2D eigenvalue weighted by Crippen LogP contribution is 2.22. The van der Waals surface area contributed by atoms with E-state index in [-0.39, 0.29) is 0 Å². The molecule has 0 heterocycles. The van der Waals surface area contributed by atoms with E-state index < -0.39 is 27.6 Å².